The van der Waals surface area contributed by atoms with E-state index in [1.807, 2.05) is 20.8 Å². The monoisotopic (exact) mass is 307 g/mol. The minimum Gasteiger partial charge on any atom is -0.350 e. The van der Waals surface area contributed by atoms with Crippen molar-refractivity contribution in [3.8, 4) is 0 Å². The van der Waals surface area contributed by atoms with Gasteiger partial charge in [-0.05, 0) is 39.8 Å². The van der Waals surface area contributed by atoms with Crippen LogP contribution in [0.4, 0.5) is 5.69 Å². The van der Waals surface area contributed by atoms with Gasteiger partial charge >= 0.3 is 0 Å². The van der Waals surface area contributed by atoms with Crippen LogP contribution in [0.15, 0.2) is 24.3 Å². The SMILES string of the molecule is CCN(CC(=O)NC(C)(C)C)C(=O)c1ccc([N+](=O)[O-])cc1. The van der Waals surface area contributed by atoms with Gasteiger partial charge in [-0.25, -0.2) is 0 Å². The highest BCUT2D eigenvalue weighted by Gasteiger charge is 2.20. The standard InChI is InChI=1S/C15H21N3O4/c1-5-17(10-13(19)16-15(2,3)4)14(20)11-6-8-12(9-7-11)18(21)22/h6-9H,5,10H2,1-4H3,(H,16,19). The first kappa shape index (κ1) is 17.6. The lowest BCUT2D eigenvalue weighted by atomic mass is 10.1. The lowest BCUT2D eigenvalue weighted by Gasteiger charge is -2.25. The summed E-state index contributed by atoms with van der Waals surface area (Å²) in [5, 5.41) is 13.4. The molecular formula is C15H21N3O4. The highest BCUT2D eigenvalue weighted by atomic mass is 16.6. The van der Waals surface area contributed by atoms with Crippen LogP contribution < -0.4 is 5.32 Å². The third kappa shape index (κ3) is 5.16. The molecule has 0 aliphatic heterocycles. The van der Waals surface area contributed by atoms with Crippen molar-refractivity contribution in [2.24, 2.45) is 0 Å². The molecule has 22 heavy (non-hydrogen) atoms. The van der Waals surface area contributed by atoms with E-state index in [1.165, 1.54) is 29.2 Å². The predicted octanol–water partition coefficient (Wildman–Crippen LogP) is 1.97. The number of nitrogens with one attached hydrogen (secondary N) is 1. The molecule has 0 bridgehead atoms. The van der Waals surface area contributed by atoms with E-state index in [9.17, 15) is 19.7 Å². The number of amides is 2. The van der Waals surface area contributed by atoms with E-state index in [1.54, 1.807) is 6.92 Å². The number of benzene rings is 1. The Morgan fingerprint density at radius 2 is 1.77 bits per heavy atom. The number of nitrogens with zero attached hydrogens (tertiary/aromatic N) is 2. The lowest BCUT2D eigenvalue weighted by Crippen LogP contribution is -2.47. The molecule has 2 amide bonds. The summed E-state index contributed by atoms with van der Waals surface area (Å²) in [4.78, 5) is 35.7. The number of hydrogen-bond donors (Lipinski definition) is 1. The molecule has 7 heteroatoms. The molecule has 0 saturated heterocycles. The molecule has 1 aromatic rings. The van der Waals surface area contributed by atoms with E-state index in [0.717, 1.165) is 0 Å². The topological polar surface area (TPSA) is 92.6 Å². The predicted molar refractivity (Wildman–Crippen MR) is 82.6 cm³/mol. The number of nitro benzene ring substituents is 1. The highest BCUT2D eigenvalue weighted by Crippen LogP contribution is 2.13. The molecule has 0 aromatic heterocycles. The summed E-state index contributed by atoms with van der Waals surface area (Å²) in [5.41, 5.74) is -0.131. The van der Waals surface area contributed by atoms with Gasteiger partial charge in [-0.15, -0.1) is 0 Å². The minimum absolute atomic E-state index is 0.0520. The van der Waals surface area contributed by atoms with Gasteiger partial charge in [0.2, 0.25) is 5.91 Å². The van der Waals surface area contributed by atoms with Crippen molar-refractivity contribution in [3.05, 3.63) is 39.9 Å². The van der Waals surface area contributed by atoms with Crippen LogP contribution in [-0.2, 0) is 4.79 Å². The van der Waals surface area contributed by atoms with Crippen molar-refractivity contribution >= 4 is 17.5 Å². The van der Waals surface area contributed by atoms with Crippen LogP contribution >= 0.6 is 0 Å². The van der Waals surface area contributed by atoms with Crippen molar-refractivity contribution in [1.82, 2.24) is 10.2 Å². The van der Waals surface area contributed by atoms with Crippen LogP contribution in [0.1, 0.15) is 38.1 Å². The molecule has 0 atom stereocenters. The molecule has 0 aliphatic carbocycles. The molecule has 0 unspecified atom stereocenters. The molecule has 0 fully saturated rings. The molecule has 0 radical (unpaired) electrons. The Hall–Kier alpha value is -2.44. The molecule has 120 valence electrons. The third-order valence-electron chi connectivity index (χ3n) is 2.84. The van der Waals surface area contributed by atoms with Crippen molar-refractivity contribution in [1.29, 1.82) is 0 Å². The van der Waals surface area contributed by atoms with E-state index >= 15 is 0 Å². The second kappa shape index (κ2) is 7.02. The number of nitro groups is 1. The van der Waals surface area contributed by atoms with E-state index in [0.29, 0.717) is 12.1 Å². The molecule has 1 rings (SSSR count). The van der Waals surface area contributed by atoms with Gasteiger partial charge in [0.15, 0.2) is 0 Å². The Morgan fingerprint density at radius 3 is 2.18 bits per heavy atom. The van der Waals surface area contributed by atoms with E-state index in [2.05, 4.69) is 5.32 Å². The second-order valence-electron chi connectivity index (χ2n) is 5.92. The zero-order chi connectivity index (χ0) is 16.9. The quantitative estimate of drug-likeness (QED) is 0.665. The van der Waals surface area contributed by atoms with Crippen LogP contribution in [0.2, 0.25) is 0 Å². The van der Waals surface area contributed by atoms with E-state index < -0.39 is 4.92 Å². The molecule has 0 spiro atoms. The number of carbonyl (C=O) groups is 2. The van der Waals surface area contributed by atoms with Gasteiger partial charge in [0.25, 0.3) is 11.6 Å². The number of hydrogen-bond acceptors (Lipinski definition) is 4. The Balaban J connectivity index is 2.79. The average Bonchev–Trinajstić information content (AvgIpc) is 2.42. The minimum atomic E-state index is -0.525. The highest BCUT2D eigenvalue weighted by molar-refractivity contribution is 5.96. The first-order chi connectivity index (χ1) is 10.1. The Labute approximate surface area is 129 Å². The van der Waals surface area contributed by atoms with Gasteiger partial charge in [0, 0.05) is 29.8 Å². The van der Waals surface area contributed by atoms with Crippen molar-refractivity contribution < 1.29 is 14.5 Å². The largest absolute Gasteiger partial charge is 0.350 e. The fourth-order valence-electron chi connectivity index (χ4n) is 1.87. The lowest BCUT2D eigenvalue weighted by molar-refractivity contribution is -0.384. The average molecular weight is 307 g/mol. The van der Waals surface area contributed by atoms with Crippen molar-refractivity contribution in [3.63, 3.8) is 0 Å². The zero-order valence-corrected chi connectivity index (χ0v) is 13.3. The van der Waals surface area contributed by atoms with E-state index in [-0.39, 0.29) is 29.6 Å². The summed E-state index contributed by atoms with van der Waals surface area (Å²) in [5.74, 6) is -0.578. The van der Waals surface area contributed by atoms with Crippen LogP contribution in [0, 0.1) is 10.1 Å². The summed E-state index contributed by atoms with van der Waals surface area (Å²) >= 11 is 0. The summed E-state index contributed by atoms with van der Waals surface area (Å²) in [6.45, 7) is 7.67. The zero-order valence-electron chi connectivity index (χ0n) is 13.3. The summed E-state index contributed by atoms with van der Waals surface area (Å²) < 4.78 is 0. The normalized spacial score (nSPS) is 10.9. The van der Waals surface area contributed by atoms with Crippen LogP contribution in [0.3, 0.4) is 0 Å². The number of rotatable bonds is 5. The molecular weight excluding hydrogens is 286 g/mol. The van der Waals surface area contributed by atoms with Crippen LogP contribution in [-0.4, -0.2) is 40.3 Å². The second-order valence-corrected chi connectivity index (χ2v) is 5.92. The van der Waals surface area contributed by atoms with Crippen molar-refractivity contribution in [2.45, 2.75) is 33.2 Å². The van der Waals surface area contributed by atoms with Crippen LogP contribution in [0.25, 0.3) is 0 Å². The first-order valence-corrected chi connectivity index (χ1v) is 6.99. The van der Waals surface area contributed by atoms with Gasteiger partial charge < -0.3 is 10.2 Å². The van der Waals surface area contributed by atoms with Gasteiger partial charge in [-0.3, -0.25) is 19.7 Å². The smallest absolute Gasteiger partial charge is 0.269 e. The van der Waals surface area contributed by atoms with Gasteiger partial charge in [0.05, 0.1) is 11.5 Å². The Bertz CT molecular complexity index is 561. The molecule has 1 aromatic carbocycles. The van der Waals surface area contributed by atoms with Gasteiger partial charge in [0.1, 0.15) is 0 Å². The van der Waals surface area contributed by atoms with Crippen molar-refractivity contribution in [2.75, 3.05) is 13.1 Å². The van der Waals surface area contributed by atoms with Crippen LogP contribution in [0.5, 0.6) is 0 Å². The summed E-state index contributed by atoms with van der Waals surface area (Å²) in [6.07, 6.45) is 0. The number of non-ortho nitro benzene ring substituents is 1. The number of likely N-dealkylation sites (N-methyl/N-ethyl adjacent to an activating group) is 1. The molecule has 1 N–H and O–H groups in total. The molecule has 0 aliphatic rings. The molecule has 7 nitrogen and oxygen atoms in total. The maximum atomic E-state index is 12.3. The van der Waals surface area contributed by atoms with E-state index in [4.69, 9.17) is 0 Å². The molecule has 0 heterocycles. The molecule has 0 saturated carbocycles. The van der Waals surface area contributed by atoms with Gasteiger partial charge in [-0.2, -0.15) is 0 Å². The van der Waals surface area contributed by atoms with Gasteiger partial charge in [-0.1, -0.05) is 0 Å². The summed E-state index contributed by atoms with van der Waals surface area (Å²) in [6, 6.07) is 5.34. The Morgan fingerprint density at radius 1 is 1.23 bits per heavy atom. The Kier molecular flexibility index (Phi) is 5.62. The number of carbonyl (C=O) groups excluding carboxylic acids is 2. The fraction of sp³-hybridized carbons (Fsp3) is 0.467. The maximum Gasteiger partial charge on any atom is 0.269 e. The first-order valence-electron chi connectivity index (χ1n) is 6.99. The third-order valence-corrected chi connectivity index (χ3v) is 2.84. The maximum absolute atomic E-state index is 12.3. The fourth-order valence-corrected chi connectivity index (χ4v) is 1.87. The summed E-state index contributed by atoms with van der Waals surface area (Å²) in [7, 11) is 0.